The summed E-state index contributed by atoms with van der Waals surface area (Å²) >= 11 is 6.00. The van der Waals surface area contributed by atoms with E-state index in [1.807, 2.05) is 12.1 Å². The Kier molecular flexibility index (Phi) is 3.04. The number of rotatable bonds is 4. The molecule has 3 heteroatoms. The van der Waals surface area contributed by atoms with E-state index >= 15 is 0 Å². The van der Waals surface area contributed by atoms with E-state index in [1.54, 1.807) is 6.20 Å². The predicted octanol–water partition coefficient (Wildman–Crippen LogP) is 2.80. The highest BCUT2D eigenvalue weighted by Crippen LogP contribution is 2.29. The third-order valence-corrected chi connectivity index (χ3v) is 2.98. The van der Waals surface area contributed by atoms with Crippen LogP contribution in [-0.4, -0.2) is 11.5 Å². The van der Waals surface area contributed by atoms with E-state index < -0.39 is 0 Å². The van der Waals surface area contributed by atoms with Crippen molar-refractivity contribution in [2.24, 2.45) is 5.92 Å². The highest BCUT2D eigenvalue weighted by Gasteiger charge is 2.21. The molecule has 1 aliphatic carbocycles. The second kappa shape index (κ2) is 4.28. The van der Waals surface area contributed by atoms with E-state index in [2.05, 4.69) is 17.2 Å². The van der Waals surface area contributed by atoms with Crippen LogP contribution in [-0.2, 0) is 0 Å². The quantitative estimate of drug-likeness (QED) is 0.774. The highest BCUT2D eigenvalue weighted by molar-refractivity contribution is 6.30. The first-order valence-electron chi connectivity index (χ1n) is 5.11. The molecule has 0 saturated heterocycles. The average Bonchev–Trinajstić information content (AvgIpc) is 2.98. The van der Waals surface area contributed by atoms with Crippen molar-refractivity contribution in [1.82, 2.24) is 10.3 Å². The lowest BCUT2D eigenvalue weighted by Gasteiger charge is -2.14. The number of nitrogens with zero attached hydrogens (tertiary/aromatic N) is 1. The maximum atomic E-state index is 6.00. The SMILES string of the molecule is CC(NCC1CC1)c1cccnc1Cl. The largest absolute Gasteiger partial charge is 0.310 e. The van der Waals surface area contributed by atoms with Crippen LogP contribution in [0.2, 0.25) is 5.15 Å². The van der Waals surface area contributed by atoms with Crippen LogP contribution < -0.4 is 5.32 Å². The summed E-state index contributed by atoms with van der Waals surface area (Å²) in [5, 5.41) is 4.09. The number of hydrogen-bond donors (Lipinski definition) is 1. The van der Waals surface area contributed by atoms with E-state index in [-0.39, 0.29) is 0 Å². The first-order chi connectivity index (χ1) is 6.77. The first kappa shape index (κ1) is 9.94. The standard InChI is InChI=1S/C11H15ClN2/c1-8(14-7-9-4-5-9)10-3-2-6-13-11(10)12/h2-3,6,8-9,14H,4-5,7H2,1H3. The van der Waals surface area contributed by atoms with Gasteiger partial charge in [0.2, 0.25) is 0 Å². The molecule has 14 heavy (non-hydrogen) atoms. The fourth-order valence-electron chi connectivity index (χ4n) is 1.50. The molecule has 1 saturated carbocycles. The number of hydrogen-bond acceptors (Lipinski definition) is 2. The van der Waals surface area contributed by atoms with Crippen LogP contribution in [0.15, 0.2) is 18.3 Å². The Morgan fingerprint density at radius 2 is 2.43 bits per heavy atom. The molecule has 0 aromatic carbocycles. The van der Waals surface area contributed by atoms with Crippen LogP contribution >= 0.6 is 11.6 Å². The summed E-state index contributed by atoms with van der Waals surface area (Å²) in [7, 11) is 0. The van der Waals surface area contributed by atoms with Gasteiger partial charge in [0.15, 0.2) is 0 Å². The molecule has 0 spiro atoms. The topological polar surface area (TPSA) is 24.9 Å². The molecule has 1 aromatic rings. The van der Waals surface area contributed by atoms with Gasteiger partial charge in [-0.1, -0.05) is 17.7 Å². The Balaban J connectivity index is 1.95. The van der Waals surface area contributed by atoms with Gasteiger partial charge in [-0.3, -0.25) is 0 Å². The van der Waals surface area contributed by atoms with Crippen LogP contribution in [0, 0.1) is 5.92 Å². The Hall–Kier alpha value is -0.600. The molecule has 0 bridgehead atoms. The van der Waals surface area contributed by atoms with Crippen molar-refractivity contribution in [1.29, 1.82) is 0 Å². The van der Waals surface area contributed by atoms with Gasteiger partial charge in [0.1, 0.15) is 5.15 Å². The summed E-state index contributed by atoms with van der Waals surface area (Å²) in [4.78, 5) is 4.07. The number of pyridine rings is 1. The molecule has 1 unspecified atom stereocenters. The molecular formula is C11H15ClN2. The molecule has 0 aliphatic heterocycles. The summed E-state index contributed by atoms with van der Waals surface area (Å²) in [5.74, 6) is 0.896. The minimum Gasteiger partial charge on any atom is -0.310 e. The smallest absolute Gasteiger partial charge is 0.133 e. The summed E-state index contributed by atoms with van der Waals surface area (Å²) in [6, 6.07) is 4.26. The maximum Gasteiger partial charge on any atom is 0.133 e. The summed E-state index contributed by atoms with van der Waals surface area (Å²) in [6.07, 6.45) is 4.47. The normalized spacial score (nSPS) is 18.1. The van der Waals surface area contributed by atoms with Gasteiger partial charge >= 0.3 is 0 Å². The fraction of sp³-hybridized carbons (Fsp3) is 0.545. The second-order valence-corrected chi connectivity index (χ2v) is 4.31. The van der Waals surface area contributed by atoms with Crippen LogP contribution in [0.4, 0.5) is 0 Å². The molecule has 1 aromatic heterocycles. The monoisotopic (exact) mass is 210 g/mol. The summed E-state index contributed by atoms with van der Waals surface area (Å²) in [5.41, 5.74) is 1.09. The average molecular weight is 211 g/mol. The number of nitrogens with one attached hydrogen (secondary N) is 1. The van der Waals surface area contributed by atoms with Crippen molar-refractivity contribution in [3.8, 4) is 0 Å². The lowest BCUT2D eigenvalue weighted by molar-refractivity contribution is 0.548. The van der Waals surface area contributed by atoms with Crippen molar-refractivity contribution in [2.75, 3.05) is 6.54 Å². The van der Waals surface area contributed by atoms with Crippen LogP contribution in [0.25, 0.3) is 0 Å². The lowest BCUT2D eigenvalue weighted by Crippen LogP contribution is -2.21. The molecule has 1 fully saturated rings. The van der Waals surface area contributed by atoms with Crippen LogP contribution in [0.5, 0.6) is 0 Å². The zero-order chi connectivity index (χ0) is 9.97. The van der Waals surface area contributed by atoms with Crippen molar-refractivity contribution in [2.45, 2.75) is 25.8 Å². The third-order valence-electron chi connectivity index (χ3n) is 2.66. The summed E-state index contributed by atoms with van der Waals surface area (Å²) < 4.78 is 0. The number of halogens is 1. The minimum atomic E-state index is 0.303. The molecule has 1 atom stereocenters. The zero-order valence-electron chi connectivity index (χ0n) is 8.33. The molecule has 1 heterocycles. The molecular weight excluding hydrogens is 196 g/mol. The van der Waals surface area contributed by atoms with Crippen molar-refractivity contribution in [3.05, 3.63) is 29.0 Å². The minimum absolute atomic E-state index is 0.303. The molecule has 76 valence electrons. The van der Waals surface area contributed by atoms with E-state index in [9.17, 15) is 0 Å². The molecule has 0 radical (unpaired) electrons. The van der Waals surface area contributed by atoms with Gasteiger partial charge in [-0.15, -0.1) is 0 Å². The Morgan fingerprint density at radius 3 is 3.07 bits per heavy atom. The highest BCUT2D eigenvalue weighted by atomic mass is 35.5. The molecule has 1 N–H and O–H groups in total. The number of aromatic nitrogens is 1. The zero-order valence-corrected chi connectivity index (χ0v) is 9.09. The van der Waals surface area contributed by atoms with Crippen molar-refractivity contribution >= 4 is 11.6 Å². The Labute approximate surface area is 89.7 Å². The second-order valence-electron chi connectivity index (χ2n) is 3.96. The van der Waals surface area contributed by atoms with Crippen molar-refractivity contribution in [3.63, 3.8) is 0 Å². The van der Waals surface area contributed by atoms with Gasteiger partial charge in [-0.2, -0.15) is 0 Å². The van der Waals surface area contributed by atoms with E-state index in [4.69, 9.17) is 11.6 Å². The van der Waals surface area contributed by atoms with Gasteiger partial charge < -0.3 is 5.32 Å². The van der Waals surface area contributed by atoms with Gasteiger partial charge in [-0.05, 0) is 38.3 Å². The third kappa shape index (κ3) is 2.46. The summed E-state index contributed by atoms with van der Waals surface area (Å²) in [6.45, 7) is 3.23. The molecule has 1 aliphatic rings. The van der Waals surface area contributed by atoms with Crippen molar-refractivity contribution < 1.29 is 0 Å². The van der Waals surface area contributed by atoms with E-state index in [1.165, 1.54) is 12.8 Å². The maximum absolute atomic E-state index is 6.00. The molecule has 2 rings (SSSR count). The first-order valence-corrected chi connectivity index (χ1v) is 5.49. The Bertz CT molecular complexity index is 310. The van der Waals surface area contributed by atoms with Crippen LogP contribution in [0.3, 0.4) is 0 Å². The van der Waals surface area contributed by atoms with Gasteiger partial charge in [0, 0.05) is 17.8 Å². The van der Waals surface area contributed by atoms with Gasteiger partial charge in [0.25, 0.3) is 0 Å². The van der Waals surface area contributed by atoms with Crippen LogP contribution in [0.1, 0.15) is 31.4 Å². The molecule has 2 nitrogen and oxygen atoms in total. The fourth-order valence-corrected chi connectivity index (χ4v) is 1.78. The van der Waals surface area contributed by atoms with E-state index in [0.29, 0.717) is 11.2 Å². The predicted molar refractivity (Wildman–Crippen MR) is 58.4 cm³/mol. The van der Waals surface area contributed by atoms with Gasteiger partial charge in [0.05, 0.1) is 0 Å². The Morgan fingerprint density at radius 1 is 1.64 bits per heavy atom. The van der Waals surface area contributed by atoms with E-state index in [0.717, 1.165) is 18.0 Å². The van der Waals surface area contributed by atoms with Gasteiger partial charge in [-0.25, -0.2) is 4.98 Å². The molecule has 0 amide bonds. The lowest BCUT2D eigenvalue weighted by atomic mass is 10.1.